The highest BCUT2D eigenvalue weighted by Crippen LogP contribution is 2.40. The summed E-state index contributed by atoms with van der Waals surface area (Å²) in [5.74, 6) is 0. The second-order valence-corrected chi connectivity index (χ2v) is 5.37. The molecule has 1 rings (SSSR count). The maximum absolute atomic E-state index is 10.5. The molecule has 0 bridgehead atoms. The van der Waals surface area contributed by atoms with E-state index in [2.05, 4.69) is 0 Å². The molecule has 4 heteroatoms. The van der Waals surface area contributed by atoms with E-state index in [1.54, 1.807) is 0 Å². The third-order valence-electron chi connectivity index (χ3n) is 3.02. The molecule has 0 spiro atoms. The summed E-state index contributed by atoms with van der Waals surface area (Å²) in [6.45, 7) is 7.98. The van der Waals surface area contributed by atoms with Crippen LogP contribution in [-0.2, 0) is 4.74 Å². The smallest absolute Gasteiger partial charge is 0.230 e. The van der Waals surface area contributed by atoms with Gasteiger partial charge in [-0.05, 0) is 32.1 Å². The molecule has 0 aliphatic carbocycles. The van der Waals surface area contributed by atoms with E-state index < -0.39 is 0 Å². The van der Waals surface area contributed by atoms with Gasteiger partial charge in [-0.1, -0.05) is 13.8 Å². The quantitative estimate of drug-likeness (QED) is 0.508. The first-order valence-electron chi connectivity index (χ1n) is 5.03. The van der Waals surface area contributed by atoms with Crippen molar-refractivity contribution >= 4 is 0 Å². The van der Waals surface area contributed by atoms with E-state index in [-0.39, 0.29) is 28.6 Å². The monoisotopic (exact) mass is 201 g/mol. The van der Waals surface area contributed by atoms with Crippen LogP contribution in [0.25, 0.3) is 0 Å². The zero-order valence-electron chi connectivity index (χ0n) is 9.37. The van der Waals surface area contributed by atoms with Crippen LogP contribution in [0.4, 0.5) is 0 Å². The first-order valence-corrected chi connectivity index (χ1v) is 5.03. The predicted molar refractivity (Wildman–Crippen MR) is 53.8 cm³/mol. The van der Waals surface area contributed by atoms with Crippen molar-refractivity contribution in [2.75, 3.05) is 6.54 Å². The molecule has 1 aliphatic rings. The molecule has 0 aromatic carbocycles. The van der Waals surface area contributed by atoms with Crippen molar-refractivity contribution < 1.29 is 9.66 Å². The second-order valence-electron chi connectivity index (χ2n) is 5.37. The summed E-state index contributed by atoms with van der Waals surface area (Å²) in [6.07, 6.45) is 1.69. The molecule has 82 valence electrons. The Morgan fingerprint density at radius 3 is 2.43 bits per heavy atom. The van der Waals surface area contributed by atoms with Crippen LogP contribution >= 0.6 is 0 Å². The van der Waals surface area contributed by atoms with Crippen LogP contribution in [0.2, 0.25) is 0 Å². The van der Waals surface area contributed by atoms with Gasteiger partial charge < -0.3 is 4.74 Å². The van der Waals surface area contributed by atoms with Gasteiger partial charge >= 0.3 is 0 Å². The van der Waals surface area contributed by atoms with Gasteiger partial charge in [0.05, 0.1) is 5.60 Å². The molecular formula is C10H19NO3. The molecule has 1 fully saturated rings. The molecule has 1 aliphatic heterocycles. The van der Waals surface area contributed by atoms with Crippen LogP contribution in [-0.4, -0.2) is 23.2 Å². The Morgan fingerprint density at radius 2 is 1.93 bits per heavy atom. The molecule has 0 unspecified atom stereocenters. The van der Waals surface area contributed by atoms with E-state index in [1.165, 1.54) is 0 Å². The molecule has 4 nitrogen and oxygen atoms in total. The lowest BCUT2D eigenvalue weighted by atomic mass is 9.76. The van der Waals surface area contributed by atoms with E-state index in [0.29, 0.717) is 0 Å². The molecule has 1 heterocycles. The van der Waals surface area contributed by atoms with Crippen molar-refractivity contribution in [1.82, 2.24) is 0 Å². The Labute approximate surface area is 84.8 Å². The average molecular weight is 201 g/mol. The highest BCUT2D eigenvalue weighted by atomic mass is 16.6. The lowest BCUT2D eigenvalue weighted by Gasteiger charge is -2.44. The molecule has 1 saturated heterocycles. The lowest BCUT2D eigenvalue weighted by Crippen LogP contribution is -2.48. The van der Waals surface area contributed by atoms with Crippen molar-refractivity contribution in [2.45, 2.75) is 52.2 Å². The molecule has 14 heavy (non-hydrogen) atoms. The van der Waals surface area contributed by atoms with Gasteiger partial charge in [0.2, 0.25) is 6.54 Å². The first-order chi connectivity index (χ1) is 6.23. The first kappa shape index (κ1) is 11.4. The predicted octanol–water partition coefficient (Wildman–Crippen LogP) is 2.25. The van der Waals surface area contributed by atoms with E-state index in [0.717, 1.165) is 12.8 Å². The van der Waals surface area contributed by atoms with Crippen LogP contribution in [0.15, 0.2) is 0 Å². The fourth-order valence-corrected chi connectivity index (χ4v) is 1.81. The third kappa shape index (κ3) is 2.67. The number of rotatable bonds is 2. The van der Waals surface area contributed by atoms with Crippen molar-refractivity contribution in [3.05, 3.63) is 10.1 Å². The number of nitrogens with zero attached hydrogens (tertiary/aromatic N) is 1. The molecule has 0 amide bonds. The van der Waals surface area contributed by atoms with E-state index in [1.807, 2.05) is 27.7 Å². The molecule has 0 saturated carbocycles. The summed E-state index contributed by atoms with van der Waals surface area (Å²) in [4.78, 5) is 10.2. The lowest BCUT2D eigenvalue weighted by molar-refractivity contribution is -0.500. The fourth-order valence-electron chi connectivity index (χ4n) is 1.81. The molecule has 0 N–H and O–H groups in total. The van der Waals surface area contributed by atoms with Gasteiger partial charge in [0, 0.05) is 4.92 Å². The summed E-state index contributed by atoms with van der Waals surface area (Å²) < 4.78 is 5.76. The Morgan fingerprint density at radius 1 is 1.36 bits per heavy atom. The van der Waals surface area contributed by atoms with Gasteiger partial charge in [-0.2, -0.15) is 0 Å². The number of nitro groups is 1. The normalized spacial score (nSPS) is 29.9. The SMILES string of the molecule is CC1(C)CCC(C)(C)[C@@H](C[N+](=O)[O-])O1. The zero-order chi connectivity index (χ0) is 11.0. The summed E-state index contributed by atoms with van der Waals surface area (Å²) in [7, 11) is 0. The highest BCUT2D eigenvalue weighted by Gasteiger charge is 2.43. The van der Waals surface area contributed by atoms with Crippen molar-refractivity contribution in [3.8, 4) is 0 Å². The maximum atomic E-state index is 10.5. The Hall–Kier alpha value is -0.640. The maximum Gasteiger partial charge on any atom is 0.230 e. The minimum Gasteiger partial charge on any atom is -0.365 e. The molecule has 0 aromatic heterocycles. The summed E-state index contributed by atoms with van der Waals surface area (Å²) >= 11 is 0. The molecule has 0 radical (unpaired) electrons. The zero-order valence-corrected chi connectivity index (χ0v) is 9.37. The topological polar surface area (TPSA) is 52.4 Å². The van der Waals surface area contributed by atoms with E-state index in [9.17, 15) is 10.1 Å². The van der Waals surface area contributed by atoms with Gasteiger partial charge in [-0.15, -0.1) is 0 Å². The van der Waals surface area contributed by atoms with Crippen LogP contribution < -0.4 is 0 Å². The summed E-state index contributed by atoms with van der Waals surface area (Å²) in [6, 6.07) is 0. The average Bonchev–Trinajstić information content (AvgIpc) is 1.97. The van der Waals surface area contributed by atoms with Crippen molar-refractivity contribution in [2.24, 2.45) is 5.41 Å². The van der Waals surface area contributed by atoms with Gasteiger partial charge in [-0.3, -0.25) is 10.1 Å². The minimum absolute atomic E-state index is 0.0808. The largest absolute Gasteiger partial charge is 0.365 e. The van der Waals surface area contributed by atoms with Gasteiger partial charge in [0.1, 0.15) is 6.10 Å². The van der Waals surface area contributed by atoms with Crippen LogP contribution in [0, 0.1) is 15.5 Å². The molecular weight excluding hydrogens is 182 g/mol. The van der Waals surface area contributed by atoms with Crippen LogP contribution in [0.5, 0.6) is 0 Å². The van der Waals surface area contributed by atoms with E-state index in [4.69, 9.17) is 4.74 Å². The van der Waals surface area contributed by atoms with Crippen molar-refractivity contribution in [1.29, 1.82) is 0 Å². The minimum atomic E-state index is -0.284. The van der Waals surface area contributed by atoms with Gasteiger partial charge in [0.25, 0.3) is 0 Å². The standard InChI is InChI=1S/C10H19NO3/c1-9(2)5-6-10(3,4)14-8(9)7-11(12)13/h8H,5-7H2,1-4H3/t8-/m1/s1. The number of ether oxygens (including phenoxy) is 1. The van der Waals surface area contributed by atoms with E-state index >= 15 is 0 Å². The van der Waals surface area contributed by atoms with Gasteiger partial charge in [0.15, 0.2) is 0 Å². The molecule has 1 atom stereocenters. The number of hydrogen-bond acceptors (Lipinski definition) is 3. The Kier molecular flexibility index (Phi) is 2.86. The summed E-state index contributed by atoms with van der Waals surface area (Å²) in [5.41, 5.74) is -0.293. The Bertz CT molecular complexity index is 236. The van der Waals surface area contributed by atoms with Crippen molar-refractivity contribution in [3.63, 3.8) is 0 Å². The molecule has 0 aromatic rings. The highest BCUT2D eigenvalue weighted by molar-refractivity contribution is 4.89. The van der Waals surface area contributed by atoms with Gasteiger partial charge in [-0.25, -0.2) is 0 Å². The van der Waals surface area contributed by atoms with Crippen LogP contribution in [0.3, 0.4) is 0 Å². The third-order valence-corrected chi connectivity index (χ3v) is 3.02. The number of hydrogen-bond donors (Lipinski definition) is 0. The second kappa shape index (κ2) is 3.50. The summed E-state index contributed by atoms with van der Waals surface area (Å²) in [5, 5.41) is 10.5. The van der Waals surface area contributed by atoms with Crippen LogP contribution in [0.1, 0.15) is 40.5 Å². The Balaban J connectivity index is 2.71. The fraction of sp³-hybridized carbons (Fsp3) is 1.00.